The predicted octanol–water partition coefficient (Wildman–Crippen LogP) is 4.05. The summed E-state index contributed by atoms with van der Waals surface area (Å²) in [6, 6.07) is 18.5. The Labute approximate surface area is 186 Å². The first-order valence-electron chi connectivity index (χ1n) is 9.96. The maximum absolute atomic E-state index is 11.8. The van der Waals surface area contributed by atoms with Gasteiger partial charge < -0.3 is 18.9 Å². The largest absolute Gasteiger partial charge is 0.496 e. The summed E-state index contributed by atoms with van der Waals surface area (Å²) in [5.74, 6) is 13.9. The van der Waals surface area contributed by atoms with Gasteiger partial charge in [0.1, 0.15) is 24.5 Å². The Morgan fingerprint density at radius 1 is 0.719 bits per heavy atom. The summed E-state index contributed by atoms with van der Waals surface area (Å²) in [7, 11) is 2.84. The van der Waals surface area contributed by atoms with Gasteiger partial charge in [-0.15, -0.1) is 0 Å². The Hall–Kier alpha value is -4.35. The zero-order valence-electron chi connectivity index (χ0n) is 17.7. The number of carbonyl (C=O) groups excluding carboxylic acids is 1. The molecule has 1 heterocycles. The molecule has 1 aliphatic heterocycles. The van der Waals surface area contributed by atoms with Crippen molar-refractivity contribution in [3.05, 3.63) is 88.5 Å². The van der Waals surface area contributed by atoms with E-state index in [1.54, 1.807) is 18.2 Å². The van der Waals surface area contributed by atoms with Crippen LogP contribution in [0.5, 0.6) is 17.2 Å². The molecule has 0 saturated carbocycles. The molecule has 0 N–H and O–H groups in total. The van der Waals surface area contributed by atoms with Crippen molar-refractivity contribution >= 4 is 5.97 Å². The summed E-state index contributed by atoms with van der Waals surface area (Å²) in [4.78, 5) is 11.8. The molecule has 0 unspecified atom stereocenters. The van der Waals surface area contributed by atoms with Crippen LogP contribution in [-0.4, -0.2) is 33.4 Å². The molecular formula is C27H20O5. The Morgan fingerprint density at radius 3 is 1.88 bits per heavy atom. The van der Waals surface area contributed by atoms with E-state index in [1.165, 1.54) is 14.2 Å². The number of rotatable bonds is 2. The van der Waals surface area contributed by atoms with E-state index in [9.17, 15) is 4.79 Å². The van der Waals surface area contributed by atoms with Crippen LogP contribution in [0.3, 0.4) is 0 Å². The molecule has 4 rings (SSSR count). The third-order valence-corrected chi connectivity index (χ3v) is 4.74. The Bertz CT molecular complexity index is 1270. The van der Waals surface area contributed by atoms with Gasteiger partial charge in [0.2, 0.25) is 0 Å². The number of esters is 1. The third kappa shape index (κ3) is 4.86. The van der Waals surface area contributed by atoms with Crippen LogP contribution in [0.25, 0.3) is 0 Å². The molecule has 158 valence electrons. The van der Waals surface area contributed by atoms with Gasteiger partial charge in [-0.1, -0.05) is 23.7 Å². The van der Waals surface area contributed by atoms with Gasteiger partial charge in [0, 0.05) is 22.3 Å². The first-order valence-corrected chi connectivity index (χ1v) is 9.96. The summed E-state index contributed by atoms with van der Waals surface area (Å²) in [5, 5.41) is 0. The highest BCUT2D eigenvalue weighted by Gasteiger charge is 2.12. The Kier molecular flexibility index (Phi) is 6.30. The smallest absolute Gasteiger partial charge is 0.341 e. The molecule has 0 radical (unpaired) electrons. The highest BCUT2D eigenvalue weighted by Crippen LogP contribution is 2.30. The molecule has 32 heavy (non-hydrogen) atoms. The maximum atomic E-state index is 11.8. The van der Waals surface area contributed by atoms with E-state index in [2.05, 4.69) is 23.7 Å². The van der Waals surface area contributed by atoms with E-state index in [-0.39, 0.29) is 0 Å². The number of methoxy groups -OCH3 is 2. The van der Waals surface area contributed by atoms with Gasteiger partial charge in [-0.25, -0.2) is 4.79 Å². The van der Waals surface area contributed by atoms with Gasteiger partial charge in [0.15, 0.2) is 11.5 Å². The van der Waals surface area contributed by atoms with Crippen LogP contribution in [0.4, 0.5) is 0 Å². The second kappa shape index (κ2) is 9.64. The van der Waals surface area contributed by atoms with Crippen molar-refractivity contribution < 1.29 is 23.7 Å². The molecule has 0 amide bonds. The predicted molar refractivity (Wildman–Crippen MR) is 120 cm³/mol. The lowest BCUT2D eigenvalue weighted by molar-refractivity contribution is 0.0597. The Morgan fingerprint density at radius 2 is 1.25 bits per heavy atom. The highest BCUT2D eigenvalue weighted by molar-refractivity contribution is 5.92. The van der Waals surface area contributed by atoms with Crippen molar-refractivity contribution in [2.24, 2.45) is 0 Å². The third-order valence-electron chi connectivity index (χ3n) is 4.74. The van der Waals surface area contributed by atoms with Crippen molar-refractivity contribution in [3.63, 3.8) is 0 Å². The van der Waals surface area contributed by atoms with Crippen LogP contribution >= 0.6 is 0 Å². The van der Waals surface area contributed by atoms with Crippen LogP contribution in [0, 0.1) is 23.7 Å². The fourth-order valence-electron chi connectivity index (χ4n) is 3.09. The minimum absolute atomic E-state index is 0.362. The minimum atomic E-state index is -0.450. The summed E-state index contributed by atoms with van der Waals surface area (Å²) in [6.07, 6.45) is 0. The average Bonchev–Trinajstić information content (AvgIpc) is 2.86. The van der Waals surface area contributed by atoms with Crippen LogP contribution in [0.15, 0.2) is 60.7 Å². The molecule has 5 nitrogen and oxygen atoms in total. The fraction of sp³-hybridized carbons (Fsp3) is 0.148. The second-order valence-corrected chi connectivity index (χ2v) is 6.84. The molecule has 0 fully saturated rings. The quantitative estimate of drug-likeness (QED) is 0.459. The number of ether oxygens (including phenoxy) is 4. The summed E-state index contributed by atoms with van der Waals surface area (Å²) in [5.41, 5.74) is 3.70. The second-order valence-electron chi connectivity index (χ2n) is 6.84. The molecule has 0 saturated heterocycles. The molecule has 0 bridgehead atoms. The van der Waals surface area contributed by atoms with Gasteiger partial charge in [-0.05, 0) is 60.7 Å². The lowest BCUT2D eigenvalue weighted by Gasteiger charge is -2.17. The van der Waals surface area contributed by atoms with E-state index in [1.807, 2.05) is 42.5 Å². The molecule has 0 spiro atoms. The lowest BCUT2D eigenvalue weighted by Crippen LogP contribution is -2.15. The van der Waals surface area contributed by atoms with Crippen molar-refractivity contribution in [2.45, 2.75) is 0 Å². The van der Waals surface area contributed by atoms with Crippen molar-refractivity contribution in [2.75, 3.05) is 27.4 Å². The zero-order valence-corrected chi connectivity index (χ0v) is 17.7. The van der Waals surface area contributed by atoms with Crippen molar-refractivity contribution in [1.29, 1.82) is 0 Å². The molecular weight excluding hydrogens is 404 g/mol. The summed E-state index contributed by atoms with van der Waals surface area (Å²) < 4.78 is 21.2. The first-order chi connectivity index (χ1) is 15.7. The molecule has 0 aromatic heterocycles. The number of hydrogen-bond donors (Lipinski definition) is 0. The zero-order chi connectivity index (χ0) is 22.3. The SMILES string of the molecule is COC(=O)c1ccc(C#Cc2ccc(C#Cc3ccc4c(c3)OCCO4)cc2)cc1OC. The normalized spacial score (nSPS) is 11.3. The number of carbonyl (C=O) groups is 1. The molecule has 3 aromatic rings. The van der Waals surface area contributed by atoms with Crippen molar-refractivity contribution in [3.8, 4) is 40.9 Å². The maximum Gasteiger partial charge on any atom is 0.341 e. The van der Waals surface area contributed by atoms with E-state index in [0.717, 1.165) is 33.8 Å². The Balaban J connectivity index is 1.47. The average molecular weight is 424 g/mol. The van der Waals surface area contributed by atoms with Gasteiger partial charge >= 0.3 is 5.97 Å². The molecule has 5 heteroatoms. The minimum Gasteiger partial charge on any atom is -0.496 e. The van der Waals surface area contributed by atoms with Crippen LogP contribution in [0.1, 0.15) is 32.6 Å². The van der Waals surface area contributed by atoms with E-state index >= 15 is 0 Å². The van der Waals surface area contributed by atoms with E-state index in [0.29, 0.717) is 24.5 Å². The number of benzene rings is 3. The molecule has 1 aliphatic rings. The molecule has 0 aliphatic carbocycles. The van der Waals surface area contributed by atoms with Gasteiger partial charge in [0.05, 0.1) is 14.2 Å². The lowest BCUT2D eigenvalue weighted by atomic mass is 10.1. The first kappa shape index (κ1) is 20.9. The van der Waals surface area contributed by atoms with Crippen molar-refractivity contribution in [1.82, 2.24) is 0 Å². The van der Waals surface area contributed by atoms with Gasteiger partial charge in [-0.2, -0.15) is 0 Å². The topological polar surface area (TPSA) is 54.0 Å². The standard InChI is InChI=1S/C27H20O5/c1-29-25-17-21(11-13-23(25)27(28)30-2)9-7-19-3-5-20(6-4-19)8-10-22-12-14-24-26(18-22)32-16-15-31-24/h3-6,11-14,17-18H,15-16H2,1-2H3. The van der Waals surface area contributed by atoms with Gasteiger partial charge in [0.25, 0.3) is 0 Å². The molecule has 0 atom stereocenters. The van der Waals surface area contributed by atoms with Crippen LogP contribution in [0.2, 0.25) is 0 Å². The summed E-state index contributed by atoms with van der Waals surface area (Å²) in [6.45, 7) is 1.12. The fourth-order valence-corrected chi connectivity index (χ4v) is 3.09. The number of fused-ring (bicyclic) bond motifs is 1. The summed E-state index contributed by atoms with van der Waals surface area (Å²) >= 11 is 0. The van der Waals surface area contributed by atoms with Crippen LogP contribution < -0.4 is 14.2 Å². The van der Waals surface area contributed by atoms with Gasteiger partial charge in [-0.3, -0.25) is 0 Å². The van der Waals surface area contributed by atoms with E-state index < -0.39 is 5.97 Å². The van der Waals surface area contributed by atoms with E-state index in [4.69, 9.17) is 18.9 Å². The monoisotopic (exact) mass is 424 g/mol. The number of hydrogen-bond acceptors (Lipinski definition) is 5. The van der Waals surface area contributed by atoms with Crippen LogP contribution in [-0.2, 0) is 4.74 Å². The highest BCUT2D eigenvalue weighted by atomic mass is 16.6. The molecule has 3 aromatic carbocycles.